The molecule has 28 heavy (non-hydrogen) atoms. The number of phenols is 1. The molecule has 0 aliphatic heterocycles. The largest absolute Gasteiger partial charge is 0.508 e. The highest BCUT2D eigenvalue weighted by Gasteiger charge is 2.36. The standard InChI is InChI=1S/C21H18F2O4S/c1-13-7-9-14(10-8-13)28(25,26)21(15-5-3-4-6-18(15)24)16-11-12-17(22)19(23)20(16)27-2/h3-12,21,24H,1-2H3/t21-/m1/s1. The van der Waals surface area contributed by atoms with Gasteiger partial charge in [-0.3, -0.25) is 0 Å². The Hall–Kier alpha value is -2.93. The maximum Gasteiger partial charge on any atom is 0.200 e. The number of halogens is 2. The van der Waals surface area contributed by atoms with Crippen LogP contribution in [0.2, 0.25) is 0 Å². The van der Waals surface area contributed by atoms with Gasteiger partial charge in [0.2, 0.25) is 5.82 Å². The molecular weight excluding hydrogens is 386 g/mol. The lowest BCUT2D eigenvalue weighted by molar-refractivity contribution is 0.367. The lowest BCUT2D eigenvalue weighted by Gasteiger charge is -2.22. The number of aryl methyl sites for hydroxylation is 1. The van der Waals surface area contributed by atoms with Gasteiger partial charge in [-0.1, -0.05) is 42.0 Å². The van der Waals surface area contributed by atoms with Crippen LogP contribution in [0.1, 0.15) is 21.9 Å². The molecule has 0 aromatic heterocycles. The maximum absolute atomic E-state index is 14.3. The SMILES string of the molecule is COc1c([C@@H](c2ccccc2O)S(=O)(=O)c2ccc(C)cc2)ccc(F)c1F. The van der Waals surface area contributed by atoms with E-state index in [1.807, 2.05) is 6.92 Å². The second kappa shape index (κ2) is 7.59. The molecule has 0 radical (unpaired) electrons. The zero-order valence-corrected chi connectivity index (χ0v) is 16.0. The molecule has 146 valence electrons. The van der Waals surface area contributed by atoms with Crippen LogP contribution >= 0.6 is 0 Å². The molecule has 0 aliphatic rings. The number of hydrogen-bond acceptors (Lipinski definition) is 4. The molecule has 1 N–H and O–H groups in total. The van der Waals surface area contributed by atoms with Gasteiger partial charge in [0.05, 0.1) is 12.0 Å². The van der Waals surface area contributed by atoms with Crippen LogP contribution in [-0.4, -0.2) is 20.6 Å². The lowest BCUT2D eigenvalue weighted by atomic mass is 10.0. The summed E-state index contributed by atoms with van der Waals surface area (Å²) in [5.74, 6) is -3.26. The second-order valence-corrected chi connectivity index (χ2v) is 8.31. The van der Waals surface area contributed by atoms with Crippen LogP contribution in [0.4, 0.5) is 8.78 Å². The van der Waals surface area contributed by atoms with Gasteiger partial charge in [-0.05, 0) is 31.2 Å². The van der Waals surface area contributed by atoms with Gasteiger partial charge in [0, 0.05) is 11.1 Å². The molecule has 0 unspecified atom stereocenters. The van der Waals surface area contributed by atoms with Gasteiger partial charge in [-0.2, -0.15) is 4.39 Å². The van der Waals surface area contributed by atoms with E-state index >= 15 is 0 Å². The molecule has 7 heteroatoms. The molecule has 0 fully saturated rings. The third kappa shape index (κ3) is 3.45. The first-order chi connectivity index (χ1) is 13.3. The number of ether oxygens (including phenoxy) is 1. The smallest absolute Gasteiger partial charge is 0.200 e. The molecule has 0 heterocycles. The number of sulfone groups is 1. The predicted octanol–water partition coefficient (Wildman–Crippen LogP) is 4.55. The fourth-order valence-corrected chi connectivity index (χ4v) is 4.88. The first-order valence-electron chi connectivity index (χ1n) is 8.37. The van der Waals surface area contributed by atoms with E-state index < -0.39 is 32.5 Å². The molecule has 0 bridgehead atoms. The minimum absolute atomic E-state index is 0.0156. The zero-order chi connectivity index (χ0) is 20.5. The van der Waals surface area contributed by atoms with Gasteiger partial charge in [-0.25, -0.2) is 12.8 Å². The van der Waals surface area contributed by atoms with Crippen LogP contribution in [0.15, 0.2) is 65.6 Å². The second-order valence-electron chi connectivity index (χ2n) is 6.28. The normalized spacial score (nSPS) is 12.6. The van der Waals surface area contributed by atoms with E-state index in [2.05, 4.69) is 0 Å². The van der Waals surface area contributed by atoms with E-state index in [9.17, 15) is 22.3 Å². The number of para-hydroxylation sites is 1. The lowest BCUT2D eigenvalue weighted by Crippen LogP contribution is -2.17. The molecule has 3 aromatic carbocycles. The number of hydrogen-bond donors (Lipinski definition) is 1. The van der Waals surface area contributed by atoms with Crippen molar-refractivity contribution >= 4 is 9.84 Å². The molecule has 0 spiro atoms. The van der Waals surface area contributed by atoms with E-state index in [0.717, 1.165) is 24.8 Å². The summed E-state index contributed by atoms with van der Waals surface area (Å²) in [4.78, 5) is -0.0156. The van der Waals surface area contributed by atoms with Crippen molar-refractivity contribution in [2.45, 2.75) is 17.1 Å². The van der Waals surface area contributed by atoms with Crippen molar-refractivity contribution in [3.05, 3.63) is 89.0 Å². The number of benzene rings is 3. The average Bonchev–Trinajstić information content (AvgIpc) is 2.67. The van der Waals surface area contributed by atoms with Crippen LogP contribution < -0.4 is 4.74 Å². The molecule has 1 atom stereocenters. The van der Waals surface area contributed by atoms with Crippen molar-refractivity contribution in [2.75, 3.05) is 7.11 Å². The van der Waals surface area contributed by atoms with Gasteiger partial charge < -0.3 is 9.84 Å². The van der Waals surface area contributed by atoms with Crippen molar-refractivity contribution in [3.8, 4) is 11.5 Å². The summed E-state index contributed by atoms with van der Waals surface area (Å²) in [6, 6.07) is 14.0. The molecule has 3 aromatic rings. The van der Waals surface area contributed by atoms with Crippen molar-refractivity contribution in [1.29, 1.82) is 0 Å². The summed E-state index contributed by atoms with van der Waals surface area (Å²) in [7, 11) is -3.01. The topological polar surface area (TPSA) is 63.6 Å². The maximum atomic E-state index is 14.3. The molecular formula is C21H18F2O4S. The molecule has 0 saturated heterocycles. The molecule has 0 amide bonds. The number of phenolic OH excluding ortho intramolecular Hbond substituents is 1. The highest BCUT2D eigenvalue weighted by Crippen LogP contribution is 2.43. The number of rotatable bonds is 5. The van der Waals surface area contributed by atoms with E-state index in [4.69, 9.17) is 4.74 Å². The minimum atomic E-state index is -4.14. The van der Waals surface area contributed by atoms with E-state index in [1.54, 1.807) is 18.2 Å². The fraction of sp³-hybridized carbons (Fsp3) is 0.143. The summed E-state index contributed by atoms with van der Waals surface area (Å²) in [6.07, 6.45) is 0. The highest BCUT2D eigenvalue weighted by atomic mass is 32.2. The summed E-state index contributed by atoms with van der Waals surface area (Å²) >= 11 is 0. The monoisotopic (exact) mass is 404 g/mol. The summed E-state index contributed by atoms with van der Waals surface area (Å²) in [5, 5.41) is 8.81. The Bertz CT molecular complexity index is 1110. The first kappa shape index (κ1) is 19.8. The van der Waals surface area contributed by atoms with Crippen molar-refractivity contribution in [1.82, 2.24) is 0 Å². The molecule has 4 nitrogen and oxygen atoms in total. The summed E-state index contributed by atoms with van der Waals surface area (Å²) < 4.78 is 60.0. The Kier molecular flexibility index (Phi) is 5.38. The third-order valence-electron chi connectivity index (χ3n) is 4.45. The number of methoxy groups -OCH3 is 1. The van der Waals surface area contributed by atoms with E-state index in [0.29, 0.717) is 0 Å². The first-order valence-corrected chi connectivity index (χ1v) is 9.92. The van der Waals surface area contributed by atoms with Crippen LogP contribution in [0.3, 0.4) is 0 Å². The quantitative estimate of drug-likeness (QED) is 0.678. The molecule has 3 rings (SSSR count). The third-order valence-corrected chi connectivity index (χ3v) is 6.50. The van der Waals surface area contributed by atoms with Crippen molar-refractivity contribution < 1.29 is 27.0 Å². The van der Waals surface area contributed by atoms with Crippen molar-refractivity contribution in [3.63, 3.8) is 0 Å². The summed E-state index contributed by atoms with van der Waals surface area (Å²) in [6.45, 7) is 1.81. The van der Waals surface area contributed by atoms with Gasteiger partial charge in [0.1, 0.15) is 11.0 Å². The Morgan fingerprint density at radius 3 is 2.18 bits per heavy atom. The Morgan fingerprint density at radius 1 is 0.929 bits per heavy atom. The Balaban J connectivity index is 2.33. The van der Waals surface area contributed by atoms with Gasteiger partial charge in [0.15, 0.2) is 21.4 Å². The Morgan fingerprint density at radius 2 is 1.57 bits per heavy atom. The van der Waals surface area contributed by atoms with Crippen LogP contribution in [0, 0.1) is 18.6 Å². The van der Waals surface area contributed by atoms with E-state index in [-0.39, 0.29) is 21.8 Å². The fourth-order valence-electron chi connectivity index (χ4n) is 3.04. The number of aromatic hydroxyl groups is 1. The highest BCUT2D eigenvalue weighted by molar-refractivity contribution is 7.92. The predicted molar refractivity (Wildman–Crippen MR) is 101 cm³/mol. The molecule has 0 saturated carbocycles. The van der Waals surface area contributed by atoms with Crippen molar-refractivity contribution in [2.24, 2.45) is 0 Å². The van der Waals surface area contributed by atoms with Crippen LogP contribution in [0.5, 0.6) is 11.5 Å². The summed E-state index contributed by atoms with van der Waals surface area (Å²) in [5.41, 5.74) is 0.791. The van der Waals surface area contributed by atoms with Gasteiger partial charge in [-0.15, -0.1) is 0 Å². The van der Waals surface area contributed by atoms with Crippen LogP contribution in [-0.2, 0) is 9.84 Å². The zero-order valence-electron chi connectivity index (χ0n) is 15.2. The Labute approximate surface area is 162 Å². The van der Waals surface area contributed by atoms with Crippen LogP contribution in [0.25, 0.3) is 0 Å². The van der Waals surface area contributed by atoms with Gasteiger partial charge in [0.25, 0.3) is 0 Å². The van der Waals surface area contributed by atoms with Gasteiger partial charge >= 0.3 is 0 Å². The van der Waals surface area contributed by atoms with E-state index in [1.165, 1.54) is 30.3 Å². The average molecular weight is 404 g/mol. The molecule has 0 aliphatic carbocycles. The minimum Gasteiger partial charge on any atom is -0.508 e.